The molecule has 1 heterocycles. The molecule has 5 nitrogen and oxygen atoms in total. The van der Waals surface area contributed by atoms with Crippen molar-refractivity contribution in [2.45, 2.75) is 12.6 Å². The summed E-state index contributed by atoms with van der Waals surface area (Å²) >= 11 is 6.12. The van der Waals surface area contributed by atoms with Crippen LogP contribution in [0.4, 0.5) is 5.69 Å². The van der Waals surface area contributed by atoms with Crippen LogP contribution in [0.5, 0.6) is 5.75 Å². The van der Waals surface area contributed by atoms with Crippen LogP contribution in [0.15, 0.2) is 115 Å². The Bertz CT molecular complexity index is 1430. The van der Waals surface area contributed by atoms with E-state index in [9.17, 15) is 14.7 Å². The molecule has 4 aromatic carbocycles. The maximum absolute atomic E-state index is 13.2. The van der Waals surface area contributed by atoms with Gasteiger partial charge in [-0.3, -0.25) is 14.5 Å². The SMILES string of the molecule is O=C1C(=O)N(c2ccccc2)C(c2ccc(OCc3ccccc3)cc2)/C1=C(/O)c1cccc(Cl)c1. The number of anilines is 1. The topological polar surface area (TPSA) is 66.8 Å². The van der Waals surface area contributed by atoms with Gasteiger partial charge in [-0.1, -0.05) is 84.4 Å². The molecular weight excluding hydrogens is 474 g/mol. The number of carbonyl (C=O) groups is 2. The summed E-state index contributed by atoms with van der Waals surface area (Å²) in [7, 11) is 0. The normalized spacial score (nSPS) is 16.8. The highest BCUT2D eigenvalue weighted by atomic mass is 35.5. The molecule has 1 amide bonds. The van der Waals surface area contributed by atoms with E-state index in [1.807, 2.05) is 36.4 Å². The van der Waals surface area contributed by atoms with Crippen LogP contribution in [0, 0.1) is 0 Å². The molecule has 6 heteroatoms. The second-order valence-corrected chi connectivity index (χ2v) is 8.79. The molecule has 0 bridgehead atoms. The highest BCUT2D eigenvalue weighted by Gasteiger charge is 2.46. The number of rotatable bonds is 6. The minimum absolute atomic E-state index is 0.00377. The molecule has 0 aliphatic carbocycles. The molecule has 4 aromatic rings. The zero-order valence-corrected chi connectivity index (χ0v) is 19.9. The van der Waals surface area contributed by atoms with E-state index in [0.717, 1.165) is 5.56 Å². The molecule has 1 N–H and O–H groups in total. The highest BCUT2D eigenvalue weighted by Crippen LogP contribution is 2.42. The van der Waals surface area contributed by atoms with E-state index < -0.39 is 17.7 Å². The van der Waals surface area contributed by atoms with Crippen molar-refractivity contribution in [1.29, 1.82) is 0 Å². The molecule has 1 fully saturated rings. The van der Waals surface area contributed by atoms with Gasteiger partial charge in [0.05, 0.1) is 11.6 Å². The van der Waals surface area contributed by atoms with Gasteiger partial charge in [0, 0.05) is 16.3 Å². The molecule has 0 spiro atoms. The lowest BCUT2D eigenvalue weighted by molar-refractivity contribution is -0.132. The Morgan fingerprint density at radius 1 is 0.833 bits per heavy atom. The third kappa shape index (κ3) is 4.61. The first-order valence-electron chi connectivity index (χ1n) is 11.4. The fraction of sp³-hybridized carbons (Fsp3) is 0.0667. The number of hydrogen-bond acceptors (Lipinski definition) is 4. The number of benzene rings is 4. The molecule has 1 aliphatic heterocycles. The van der Waals surface area contributed by atoms with Crippen LogP contribution in [0.2, 0.25) is 5.02 Å². The second kappa shape index (κ2) is 10.1. The van der Waals surface area contributed by atoms with Gasteiger partial charge in [0.2, 0.25) is 0 Å². The van der Waals surface area contributed by atoms with Gasteiger partial charge in [0.15, 0.2) is 0 Å². The number of aliphatic hydroxyl groups excluding tert-OH is 1. The molecule has 36 heavy (non-hydrogen) atoms. The average molecular weight is 496 g/mol. The van der Waals surface area contributed by atoms with E-state index in [1.54, 1.807) is 72.8 Å². The number of halogens is 1. The van der Waals surface area contributed by atoms with E-state index in [4.69, 9.17) is 16.3 Å². The van der Waals surface area contributed by atoms with Gasteiger partial charge in [-0.15, -0.1) is 0 Å². The molecule has 178 valence electrons. The number of Topliss-reactive ketones (excluding diaryl/α,β-unsaturated/α-hetero) is 1. The summed E-state index contributed by atoms with van der Waals surface area (Å²) in [6, 6.07) is 31.7. The smallest absolute Gasteiger partial charge is 0.300 e. The van der Waals surface area contributed by atoms with Gasteiger partial charge in [-0.25, -0.2) is 0 Å². The minimum atomic E-state index is -0.824. The van der Waals surface area contributed by atoms with Crippen LogP contribution < -0.4 is 9.64 Å². The van der Waals surface area contributed by atoms with Crippen LogP contribution in [0.3, 0.4) is 0 Å². The average Bonchev–Trinajstić information content (AvgIpc) is 3.18. The number of para-hydroxylation sites is 1. The van der Waals surface area contributed by atoms with Crippen molar-refractivity contribution < 1.29 is 19.4 Å². The van der Waals surface area contributed by atoms with E-state index in [1.165, 1.54) is 4.90 Å². The fourth-order valence-electron chi connectivity index (χ4n) is 4.28. The third-order valence-corrected chi connectivity index (χ3v) is 6.26. The first kappa shape index (κ1) is 23.4. The largest absolute Gasteiger partial charge is 0.507 e. The van der Waals surface area contributed by atoms with E-state index in [0.29, 0.717) is 34.2 Å². The Balaban J connectivity index is 1.55. The monoisotopic (exact) mass is 495 g/mol. The van der Waals surface area contributed by atoms with Gasteiger partial charge in [0.25, 0.3) is 11.7 Å². The van der Waals surface area contributed by atoms with E-state index in [-0.39, 0.29) is 11.3 Å². The molecule has 1 atom stereocenters. The predicted molar refractivity (Wildman–Crippen MR) is 140 cm³/mol. The van der Waals surface area contributed by atoms with Crippen molar-refractivity contribution in [2.75, 3.05) is 4.90 Å². The molecule has 0 aromatic heterocycles. The summed E-state index contributed by atoms with van der Waals surface area (Å²) in [5.41, 5.74) is 2.62. The Morgan fingerprint density at radius 3 is 2.17 bits per heavy atom. The maximum Gasteiger partial charge on any atom is 0.300 e. The first-order valence-corrected chi connectivity index (χ1v) is 11.8. The number of carbonyl (C=O) groups excluding carboxylic acids is 2. The molecule has 0 radical (unpaired) electrons. The minimum Gasteiger partial charge on any atom is -0.507 e. The second-order valence-electron chi connectivity index (χ2n) is 8.36. The first-order chi connectivity index (χ1) is 17.5. The Kier molecular flexibility index (Phi) is 6.56. The lowest BCUT2D eigenvalue weighted by Gasteiger charge is -2.25. The quantitative estimate of drug-likeness (QED) is 0.187. The van der Waals surface area contributed by atoms with Crippen molar-refractivity contribution in [2.24, 2.45) is 0 Å². The van der Waals surface area contributed by atoms with E-state index >= 15 is 0 Å². The molecule has 0 saturated carbocycles. The van der Waals surface area contributed by atoms with Gasteiger partial charge in [-0.05, 0) is 47.5 Å². The number of ketones is 1. The number of aliphatic hydroxyl groups is 1. The molecule has 5 rings (SSSR count). The maximum atomic E-state index is 13.2. The lowest BCUT2D eigenvalue weighted by atomic mass is 9.95. The van der Waals surface area contributed by atoms with Crippen molar-refractivity contribution in [3.63, 3.8) is 0 Å². The number of nitrogens with zero attached hydrogens (tertiary/aromatic N) is 1. The number of hydrogen-bond donors (Lipinski definition) is 1. The summed E-state index contributed by atoms with van der Waals surface area (Å²) in [5.74, 6) is -1.09. The lowest BCUT2D eigenvalue weighted by Crippen LogP contribution is -2.29. The zero-order valence-electron chi connectivity index (χ0n) is 19.2. The van der Waals surface area contributed by atoms with Crippen molar-refractivity contribution >= 4 is 34.7 Å². The molecule has 1 saturated heterocycles. The van der Waals surface area contributed by atoms with Crippen LogP contribution in [-0.2, 0) is 16.2 Å². The van der Waals surface area contributed by atoms with Crippen LogP contribution in [-0.4, -0.2) is 16.8 Å². The summed E-state index contributed by atoms with van der Waals surface area (Å²) in [5, 5.41) is 11.6. The fourth-order valence-corrected chi connectivity index (χ4v) is 4.47. The van der Waals surface area contributed by atoms with Gasteiger partial charge < -0.3 is 9.84 Å². The molecule has 1 aliphatic rings. The van der Waals surface area contributed by atoms with Crippen LogP contribution >= 0.6 is 11.6 Å². The van der Waals surface area contributed by atoms with Crippen molar-refractivity contribution in [1.82, 2.24) is 0 Å². The van der Waals surface area contributed by atoms with Crippen molar-refractivity contribution in [3.8, 4) is 5.75 Å². The summed E-state index contributed by atoms with van der Waals surface area (Å²) in [6.45, 7) is 0.414. The van der Waals surface area contributed by atoms with Crippen LogP contribution in [0.25, 0.3) is 5.76 Å². The summed E-state index contributed by atoms with van der Waals surface area (Å²) < 4.78 is 5.90. The summed E-state index contributed by atoms with van der Waals surface area (Å²) in [6.07, 6.45) is 0. The Morgan fingerprint density at radius 2 is 1.50 bits per heavy atom. The Labute approximate surface area is 213 Å². The summed E-state index contributed by atoms with van der Waals surface area (Å²) in [4.78, 5) is 27.9. The number of ether oxygens (including phenoxy) is 1. The Hall–Kier alpha value is -4.35. The van der Waals surface area contributed by atoms with Crippen molar-refractivity contribution in [3.05, 3.63) is 136 Å². The van der Waals surface area contributed by atoms with Crippen LogP contribution in [0.1, 0.15) is 22.7 Å². The van der Waals surface area contributed by atoms with Gasteiger partial charge >= 0.3 is 0 Å². The van der Waals surface area contributed by atoms with E-state index in [2.05, 4.69) is 0 Å². The molecule has 1 unspecified atom stereocenters. The third-order valence-electron chi connectivity index (χ3n) is 6.02. The standard InChI is InChI=1S/C30H22ClNO4/c31-23-11-7-10-22(18-23)28(33)26-27(32(30(35)29(26)34)24-12-5-2-6-13-24)21-14-16-25(17-15-21)36-19-20-8-3-1-4-9-20/h1-18,27,33H,19H2/b28-26-. The number of amides is 1. The van der Waals surface area contributed by atoms with Gasteiger partial charge in [0.1, 0.15) is 18.1 Å². The highest BCUT2D eigenvalue weighted by molar-refractivity contribution is 6.51. The zero-order chi connectivity index (χ0) is 25.1. The predicted octanol–water partition coefficient (Wildman–Crippen LogP) is 6.55. The van der Waals surface area contributed by atoms with Gasteiger partial charge in [-0.2, -0.15) is 0 Å². The molecular formula is C30H22ClNO4.